The van der Waals surface area contributed by atoms with Crippen molar-refractivity contribution < 1.29 is 14.3 Å². The number of aliphatic hydroxyl groups is 1. The normalized spacial score (nSPS) is 14.9. The Bertz CT molecular complexity index is 1500. The summed E-state index contributed by atoms with van der Waals surface area (Å²) in [7, 11) is 0. The zero-order valence-electron chi connectivity index (χ0n) is 23.7. The van der Waals surface area contributed by atoms with Crippen LogP contribution in [0, 0.1) is 11.7 Å². The molecule has 1 aromatic heterocycles. The molecule has 2 atom stereocenters. The number of carbonyl (C=O) groups is 1. The molecule has 0 saturated carbocycles. The van der Waals surface area contributed by atoms with Gasteiger partial charge in [0.1, 0.15) is 5.82 Å². The number of aliphatic hydroxyl groups excluding tert-OH is 1. The van der Waals surface area contributed by atoms with Crippen LogP contribution in [0.5, 0.6) is 0 Å². The number of aromatic nitrogens is 2. The van der Waals surface area contributed by atoms with Gasteiger partial charge >= 0.3 is 6.03 Å². The number of nitrogens with zero attached hydrogens (tertiary/aromatic N) is 3. The summed E-state index contributed by atoms with van der Waals surface area (Å²) in [5, 5.41) is 17.4. The Hall–Kier alpha value is -4.49. The number of amides is 2. The van der Waals surface area contributed by atoms with Gasteiger partial charge in [-0.3, -0.25) is 4.90 Å². The van der Waals surface area contributed by atoms with Crippen molar-refractivity contribution in [3.63, 3.8) is 0 Å². The Morgan fingerprint density at radius 2 is 1.79 bits per heavy atom. The molecule has 216 valence electrons. The number of hydrogen-bond donors (Lipinski definition) is 2. The van der Waals surface area contributed by atoms with E-state index < -0.39 is 0 Å². The van der Waals surface area contributed by atoms with Crippen LogP contribution in [0.25, 0.3) is 11.8 Å². The molecule has 6 nitrogen and oxygen atoms in total. The number of urea groups is 1. The average Bonchev–Trinajstić information content (AvgIpc) is 3.44. The van der Waals surface area contributed by atoms with E-state index in [1.54, 1.807) is 17.0 Å². The lowest BCUT2D eigenvalue weighted by Crippen LogP contribution is -2.43. The maximum Gasteiger partial charge on any atom is 0.322 e. The van der Waals surface area contributed by atoms with E-state index in [-0.39, 0.29) is 37.0 Å². The van der Waals surface area contributed by atoms with Gasteiger partial charge in [-0.25, -0.2) is 13.9 Å². The lowest BCUT2D eigenvalue weighted by molar-refractivity contribution is 0.237. The molecular formula is C35H37FN4O2. The Kier molecular flexibility index (Phi) is 9.62. The van der Waals surface area contributed by atoms with E-state index in [1.165, 1.54) is 17.7 Å². The first-order valence-corrected chi connectivity index (χ1v) is 14.5. The smallest absolute Gasteiger partial charge is 0.322 e. The van der Waals surface area contributed by atoms with Gasteiger partial charge in [0.2, 0.25) is 0 Å². The molecule has 1 aliphatic rings. The van der Waals surface area contributed by atoms with Crippen LogP contribution in [0.4, 0.5) is 14.9 Å². The van der Waals surface area contributed by atoms with Crippen molar-refractivity contribution in [1.29, 1.82) is 0 Å². The minimum absolute atomic E-state index is 0.125. The number of nitrogens with one attached hydrogen (secondary N) is 1. The zero-order chi connectivity index (χ0) is 29.3. The van der Waals surface area contributed by atoms with Crippen LogP contribution in [0.2, 0.25) is 0 Å². The fourth-order valence-corrected chi connectivity index (χ4v) is 5.60. The van der Waals surface area contributed by atoms with E-state index >= 15 is 0 Å². The predicted molar refractivity (Wildman–Crippen MR) is 166 cm³/mol. The maximum atomic E-state index is 13.5. The van der Waals surface area contributed by atoms with Crippen LogP contribution < -0.4 is 10.2 Å². The second-order valence-corrected chi connectivity index (χ2v) is 10.6. The second-order valence-electron chi connectivity index (χ2n) is 10.6. The SMILES string of the molecule is C=CC1Cc2cnn(-c3ccc(F)cc3)c2C=C1CCCCC(NC(=O)N(CCO)c1ccccc1)c1ccccc1. The molecular weight excluding hydrogens is 527 g/mol. The highest BCUT2D eigenvalue weighted by Crippen LogP contribution is 2.34. The molecule has 0 aliphatic heterocycles. The third kappa shape index (κ3) is 6.86. The Labute approximate surface area is 246 Å². The number of anilines is 1. The molecule has 0 spiro atoms. The van der Waals surface area contributed by atoms with Crippen LogP contribution in [0.1, 0.15) is 48.5 Å². The first-order valence-electron chi connectivity index (χ1n) is 14.5. The molecule has 2 N–H and O–H groups in total. The van der Waals surface area contributed by atoms with Gasteiger partial charge in [0.05, 0.1) is 36.8 Å². The van der Waals surface area contributed by atoms with Crippen molar-refractivity contribution in [1.82, 2.24) is 15.1 Å². The molecule has 2 unspecified atom stereocenters. The first-order chi connectivity index (χ1) is 20.6. The van der Waals surface area contributed by atoms with Gasteiger partial charge < -0.3 is 10.4 Å². The minimum Gasteiger partial charge on any atom is -0.395 e. The topological polar surface area (TPSA) is 70.4 Å². The molecule has 3 aromatic carbocycles. The van der Waals surface area contributed by atoms with Gasteiger partial charge in [-0.05, 0) is 79.3 Å². The van der Waals surface area contributed by atoms with Crippen LogP contribution in [0.15, 0.2) is 109 Å². The summed E-state index contributed by atoms with van der Waals surface area (Å²) in [4.78, 5) is 15.0. The number of allylic oxidation sites excluding steroid dienone is 2. The monoisotopic (exact) mass is 564 g/mol. The van der Waals surface area contributed by atoms with Crippen molar-refractivity contribution in [3.8, 4) is 5.69 Å². The number of para-hydroxylation sites is 1. The second kappa shape index (κ2) is 13.9. The largest absolute Gasteiger partial charge is 0.395 e. The van der Waals surface area contributed by atoms with Crippen molar-refractivity contribution in [2.75, 3.05) is 18.1 Å². The van der Waals surface area contributed by atoms with Crippen LogP contribution in [0.3, 0.4) is 0 Å². The van der Waals surface area contributed by atoms with Crippen LogP contribution in [-0.2, 0) is 6.42 Å². The third-order valence-corrected chi connectivity index (χ3v) is 7.82. The minimum atomic E-state index is -0.270. The molecule has 4 aromatic rings. The Morgan fingerprint density at radius 1 is 1.07 bits per heavy atom. The van der Waals surface area contributed by atoms with Crippen molar-refractivity contribution >= 4 is 17.8 Å². The van der Waals surface area contributed by atoms with Crippen molar-refractivity contribution in [3.05, 3.63) is 132 Å². The summed E-state index contributed by atoms with van der Waals surface area (Å²) in [5.74, 6) is -0.0280. The lowest BCUT2D eigenvalue weighted by Gasteiger charge is -2.27. The first kappa shape index (κ1) is 29.0. The molecule has 0 radical (unpaired) electrons. The number of unbranched alkanes of at least 4 members (excludes halogenated alkanes) is 1. The number of rotatable bonds is 12. The molecule has 1 aliphatic carbocycles. The van der Waals surface area contributed by atoms with E-state index in [1.807, 2.05) is 77.6 Å². The Balaban J connectivity index is 1.27. The van der Waals surface area contributed by atoms with E-state index in [9.17, 15) is 14.3 Å². The fourth-order valence-electron chi connectivity index (χ4n) is 5.60. The van der Waals surface area contributed by atoms with Gasteiger partial charge in [-0.2, -0.15) is 5.10 Å². The molecule has 1 heterocycles. The van der Waals surface area contributed by atoms with Crippen molar-refractivity contribution in [2.24, 2.45) is 5.92 Å². The molecule has 0 saturated heterocycles. The Morgan fingerprint density at radius 3 is 2.48 bits per heavy atom. The molecule has 0 fully saturated rings. The number of fused-ring (bicyclic) bond motifs is 1. The van der Waals surface area contributed by atoms with E-state index in [2.05, 4.69) is 23.1 Å². The molecule has 42 heavy (non-hydrogen) atoms. The molecule has 7 heteroatoms. The summed E-state index contributed by atoms with van der Waals surface area (Å²) in [5.41, 5.74) is 6.13. The summed E-state index contributed by atoms with van der Waals surface area (Å²) >= 11 is 0. The maximum absolute atomic E-state index is 13.5. The van der Waals surface area contributed by atoms with E-state index in [4.69, 9.17) is 0 Å². The van der Waals surface area contributed by atoms with Crippen LogP contribution in [-0.4, -0.2) is 34.1 Å². The van der Waals surface area contributed by atoms with Gasteiger partial charge in [-0.15, -0.1) is 6.58 Å². The van der Waals surface area contributed by atoms with Gasteiger partial charge in [0.15, 0.2) is 0 Å². The number of carbonyl (C=O) groups excluding carboxylic acids is 1. The summed E-state index contributed by atoms with van der Waals surface area (Å²) < 4.78 is 15.4. The highest BCUT2D eigenvalue weighted by Gasteiger charge is 2.24. The molecule has 0 bridgehead atoms. The average molecular weight is 565 g/mol. The van der Waals surface area contributed by atoms with Crippen LogP contribution >= 0.6 is 0 Å². The summed E-state index contributed by atoms with van der Waals surface area (Å²) in [6.07, 6.45) is 10.5. The standard InChI is InChI=1S/C35H37FN4O2/c1-2-26-23-29-25-37-40(32-19-17-30(36)18-20-32)34(29)24-28(26)13-9-10-16-33(27-11-5-3-6-12-27)38-35(42)39(21-22-41)31-14-7-4-8-15-31/h2-8,11-12,14-15,17-20,24-26,33,41H,1,9-10,13,16,21-23H2,(H,38,42). The van der Waals surface area contributed by atoms with Gasteiger partial charge in [0, 0.05) is 11.6 Å². The quantitative estimate of drug-likeness (QED) is 0.141. The van der Waals surface area contributed by atoms with E-state index in [0.717, 1.165) is 60.3 Å². The summed E-state index contributed by atoms with van der Waals surface area (Å²) in [6.45, 7) is 4.18. The number of halogens is 1. The molecule has 2 amide bonds. The highest BCUT2D eigenvalue weighted by molar-refractivity contribution is 5.92. The molecule has 5 rings (SSSR count). The third-order valence-electron chi connectivity index (χ3n) is 7.82. The van der Waals surface area contributed by atoms with Crippen molar-refractivity contribution in [2.45, 2.75) is 38.1 Å². The highest BCUT2D eigenvalue weighted by atomic mass is 19.1. The summed E-state index contributed by atoms with van der Waals surface area (Å²) in [6, 6.07) is 25.4. The number of benzene rings is 3. The van der Waals surface area contributed by atoms with E-state index in [0.29, 0.717) is 0 Å². The lowest BCUT2D eigenvalue weighted by atomic mass is 9.83. The number of hydrogen-bond acceptors (Lipinski definition) is 3. The predicted octanol–water partition coefficient (Wildman–Crippen LogP) is 7.26. The van der Waals surface area contributed by atoms with Gasteiger partial charge in [0.25, 0.3) is 0 Å². The zero-order valence-corrected chi connectivity index (χ0v) is 23.7. The fraction of sp³-hybridized carbons (Fsp3) is 0.257. The van der Waals surface area contributed by atoms with Gasteiger partial charge in [-0.1, -0.05) is 66.6 Å².